The highest BCUT2D eigenvalue weighted by Gasteiger charge is 2.24. The van der Waals surface area contributed by atoms with E-state index >= 15 is 0 Å². The largest absolute Gasteiger partial charge is 0.340 e. The molecule has 1 heterocycles. The SMILES string of the molecule is Cc1cccc2[nH]c(CN(C)C(=O)N[C@@H](C)C3CCCC3)nc12. The molecule has 5 heteroatoms. The van der Waals surface area contributed by atoms with Crippen LogP contribution in [0.2, 0.25) is 0 Å². The molecule has 0 spiro atoms. The molecule has 23 heavy (non-hydrogen) atoms. The number of urea groups is 1. The Morgan fingerprint density at radius 2 is 2.17 bits per heavy atom. The summed E-state index contributed by atoms with van der Waals surface area (Å²) < 4.78 is 0. The molecular formula is C18H26N4O. The second kappa shape index (κ2) is 6.60. The van der Waals surface area contributed by atoms with Gasteiger partial charge in [-0.15, -0.1) is 0 Å². The van der Waals surface area contributed by atoms with Gasteiger partial charge >= 0.3 is 6.03 Å². The van der Waals surface area contributed by atoms with Crippen molar-refractivity contribution in [3.05, 3.63) is 29.6 Å². The molecule has 3 rings (SSSR count). The topological polar surface area (TPSA) is 61.0 Å². The van der Waals surface area contributed by atoms with E-state index in [1.54, 1.807) is 4.90 Å². The minimum atomic E-state index is -0.0263. The zero-order chi connectivity index (χ0) is 16.4. The summed E-state index contributed by atoms with van der Waals surface area (Å²) in [6.45, 7) is 4.65. The molecule has 2 amide bonds. The third-order valence-corrected chi connectivity index (χ3v) is 4.96. The number of rotatable bonds is 4. The number of carbonyl (C=O) groups excluding carboxylic acids is 1. The van der Waals surface area contributed by atoms with Crippen LogP contribution in [0.25, 0.3) is 11.0 Å². The van der Waals surface area contributed by atoms with E-state index in [9.17, 15) is 4.79 Å². The predicted molar refractivity (Wildman–Crippen MR) is 92.2 cm³/mol. The molecule has 2 aromatic rings. The summed E-state index contributed by atoms with van der Waals surface area (Å²) in [6, 6.07) is 6.29. The molecular weight excluding hydrogens is 288 g/mol. The number of nitrogens with one attached hydrogen (secondary N) is 2. The van der Waals surface area contributed by atoms with Crippen molar-refractivity contribution in [2.75, 3.05) is 7.05 Å². The van der Waals surface area contributed by atoms with Crippen molar-refractivity contribution in [2.24, 2.45) is 5.92 Å². The van der Waals surface area contributed by atoms with Crippen LogP contribution in [0.3, 0.4) is 0 Å². The van der Waals surface area contributed by atoms with E-state index in [1.807, 2.05) is 32.2 Å². The van der Waals surface area contributed by atoms with Crippen molar-refractivity contribution >= 4 is 17.1 Å². The lowest BCUT2D eigenvalue weighted by Crippen LogP contribution is -2.44. The molecule has 1 saturated carbocycles. The second-order valence-corrected chi connectivity index (χ2v) is 6.79. The van der Waals surface area contributed by atoms with Gasteiger partial charge < -0.3 is 15.2 Å². The summed E-state index contributed by atoms with van der Waals surface area (Å²) in [7, 11) is 1.82. The number of nitrogens with zero attached hydrogens (tertiary/aromatic N) is 2. The summed E-state index contributed by atoms with van der Waals surface area (Å²) in [5.41, 5.74) is 3.15. The van der Waals surface area contributed by atoms with Gasteiger partial charge in [0.1, 0.15) is 5.82 Å². The van der Waals surface area contributed by atoms with Crippen molar-refractivity contribution in [1.82, 2.24) is 20.2 Å². The summed E-state index contributed by atoms with van der Waals surface area (Å²) in [6.07, 6.45) is 5.04. The Bertz CT molecular complexity index is 687. The van der Waals surface area contributed by atoms with E-state index in [4.69, 9.17) is 0 Å². The molecule has 1 atom stereocenters. The first-order chi connectivity index (χ1) is 11.0. The van der Waals surface area contributed by atoms with Crippen molar-refractivity contribution in [1.29, 1.82) is 0 Å². The van der Waals surface area contributed by atoms with Crippen LogP contribution in [0.4, 0.5) is 4.79 Å². The molecule has 1 aromatic carbocycles. The van der Waals surface area contributed by atoms with Crippen LogP contribution < -0.4 is 5.32 Å². The first kappa shape index (κ1) is 15.8. The first-order valence-electron chi connectivity index (χ1n) is 8.50. The van der Waals surface area contributed by atoms with E-state index in [-0.39, 0.29) is 12.1 Å². The normalized spacial score (nSPS) is 16.7. The van der Waals surface area contributed by atoms with Crippen LogP contribution in [-0.2, 0) is 6.54 Å². The molecule has 5 nitrogen and oxygen atoms in total. The Labute approximate surface area is 137 Å². The van der Waals surface area contributed by atoms with Crippen molar-refractivity contribution in [3.63, 3.8) is 0 Å². The number of amides is 2. The second-order valence-electron chi connectivity index (χ2n) is 6.79. The first-order valence-corrected chi connectivity index (χ1v) is 8.50. The third-order valence-electron chi connectivity index (χ3n) is 4.96. The maximum atomic E-state index is 12.4. The van der Waals surface area contributed by atoms with Gasteiger partial charge in [0.15, 0.2) is 0 Å². The van der Waals surface area contributed by atoms with Crippen LogP contribution in [-0.4, -0.2) is 34.0 Å². The summed E-state index contributed by atoms with van der Waals surface area (Å²) in [5.74, 6) is 1.45. The van der Waals surface area contributed by atoms with Gasteiger partial charge in [-0.05, 0) is 44.2 Å². The van der Waals surface area contributed by atoms with Gasteiger partial charge in [-0.2, -0.15) is 0 Å². The summed E-state index contributed by atoms with van der Waals surface area (Å²) in [4.78, 5) is 22.0. The Morgan fingerprint density at radius 1 is 1.43 bits per heavy atom. The van der Waals surface area contributed by atoms with Crippen molar-refractivity contribution in [2.45, 2.75) is 52.1 Å². The average Bonchev–Trinajstić information content (AvgIpc) is 3.16. The molecule has 1 aromatic heterocycles. The summed E-state index contributed by atoms with van der Waals surface area (Å²) in [5, 5.41) is 3.13. The van der Waals surface area contributed by atoms with Gasteiger partial charge in [0.25, 0.3) is 0 Å². The Morgan fingerprint density at radius 3 is 2.87 bits per heavy atom. The zero-order valence-corrected chi connectivity index (χ0v) is 14.2. The van der Waals surface area contributed by atoms with Crippen LogP contribution in [0.5, 0.6) is 0 Å². The van der Waals surface area contributed by atoms with Gasteiger partial charge in [-0.3, -0.25) is 0 Å². The standard InChI is InChI=1S/C18H26N4O/c1-12-7-6-10-15-17(12)21-16(20-15)11-22(3)18(23)19-13(2)14-8-4-5-9-14/h6-7,10,13-14H,4-5,8-9,11H2,1-3H3,(H,19,23)(H,20,21)/t13-/m0/s1. The number of aryl methyl sites for hydroxylation is 1. The lowest BCUT2D eigenvalue weighted by atomic mass is 10.0. The summed E-state index contributed by atoms with van der Waals surface area (Å²) >= 11 is 0. The highest BCUT2D eigenvalue weighted by Crippen LogP contribution is 2.27. The van der Waals surface area contributed by atoms with Gasteiger partial charge in [0.2, 0.25) is 0 Å². The van der Waals surface area contributed by atoms with E-state index < -0.39 is 0 Å². The number of benzene rings is 1. The van der Waals surface area contributed by atoms with Gasteiger partial charge in [0, 0.05) is 13.1 Å². The number of aromatic nitrogens is 2. The number of hydrogen-bond acceptors (Lipinski definition) is 2. The predicted octanol–water partition coefficient (Wildman–Crippen LogP) is 3.59. The van der Waals surface area contributed by atoms with E-state index in [1.165, 1.54) is 25.7 Å². The number of imidazole rings is 1. The number of fused-ring (bicyclic) bond motifs is 1. The van der Waals surface area contributed by atoms with E-state index in [0.717, 1.165) is 22.4 Å². The fourth-order valence-electron chi connectivity index (χ4n) is 3.48. The lowest BCUT2D eigenvalue weighted by Gasteiger charge is -2.24. The zero-order valence-electron chi connectivity index (χ0n) is 14.2. The highest BCUT2D eigenvalue weighted by atomic mass is 16.2. The lowest BCUT2D eigenvalue weighted by molar-refractivity contribution is 0.197. The average molecular weight is 314 g/mol. The maximum absolute atomic E-state index is 12.4. The van der Waals surface area contributed by atoms with E-state index in [0.29, 0.717) is 12.5 Å². The number of aromatic amines is 1. The van der Waals surface area contributed by atoms with Crippen molar-refractivity contribution < 1.29 is 4.79 Å². The van der Waals surface area contributed by atoms with Gasteiger partial charge in [-0.1, -0.05) is 25.0 Å². The smallest absolute Gasteiger partial charge is 0.317 e. The number of hydrogen-bond donors (Lipinski definition) is 2. The fourth-order valence-corrected chi connectivity index (χ4v) is 3.48. The minimum Gasteiger partial charge on any atom is -0.340 e. The Kier molecular flexibility index (Phi) is 4.55. The van der Waals surface area contributed by atoms with Crippen LogP contribution in [0.15, 0.2) is 18.2 Å². The number of H-pyrrole nitrogens is 1. The molecule has 2 N–H and O–H groups in total. The fraction of sp³-hybridized carbons (Fsp3) is 0.556. The molecule has 0 unspecified atom stereocenters. The molecule has 124 valence electrons. The molecule has 1 aliphatic rings. The molecule has 0 aliphatic heterocycles. The van der Waals surface area contributed by atoms with Gasteiger partial charge in [-0.25, -0.2) is 9.78 Å². The van der Waals surface area contributed by atoms with E-state index in [2.05, 4.69) is 22.2 Å². The maximum Gasteiger partial charge on any atom is 0.317 e. The van der Waals surface area contributed by atoms with Crippen LogP contribution in [0.1, 0.15) is 44.0 Å². The molecule has 1 aliphatic carbocycles. The number of para-hydroxylation sites is 1. The molecule has 0 radical (unpaired) electrons. The minimum absolute atomic E-state index is 0.0263. The van der Waals surface area contributed by atoms with Crippen molar-refractivity contribution in [3.8, 4) is 0 Å². The third kappa shape index (κ3) is 3.49. The molecule has 0 saturated heterocycles. The number of carbonyl (C=O) groups is 1. The molecule has 1 fully saturated rings. The Balaban J connectivity index is 1.61. The Hall–Kier alpha value is -2.04. The monoisotopic (exact) mass is 314 g/mol. The quantitative estimate of drug-likeness (QED) is 0.906. The van der Waals surface area contributed by atoms with Crippen LogP contribution in [0, 0.1) is 12.8 Å². The van der Waals surface area contributed by atoms with Crippen LogP contribution >= 0.6 is 0 Å². The highest BCUT2D eigenvalue weighted by molar-refractivity contribution is 5.78. The molecule has 0 bridgehead atoms. The van der Waals surface area contributed by atoms with Gasteiger partial charge in [0.05, 0.1) is 17.6 Å².